The summed E-state index contributed by atoms with van der Waals surface area (Å²) in [6.07, 6.45) is 3.93. The van der Waals surface area contributed by atoms with Crippen LogP contribution in [0.3, 0.4) is 0 Å². The summed E-state index contributed by atoms with van der Waals surface area (Å²) in [6, 6.07) is 5.97. The van der Waals surface area contributed by atoms with Crippen LogP contribution >= 0.6 is 11.3 Å². The minimum absolute atomic E-state index is 0.0328. The van der Waals surface area contributed by atoms with Crippen molar-refractivity contribution in [2.45, 2.75) is 43.3 Å². The third-order valence-corrected chi connectivity index (χ3v) is 8.17. The fourth-order valence-electron chi connectivity index (χ4n) is 3.44. The van der Waals surface area contributed by atoms with Crippen molar-refractivity contribution >= 4 is 38.1 Å². The van der Waals surface area contributed by atoms with E-state index in [0.717, 1.165) is 17.7 Å². The molecule has 1 aliphatic carbocycles. The molecular formula is C22H30N4O6S2. The van der Waals surface area contributed by atoms with E-state index in [-0.39, 0.29) is 36.0 Å². The van der Waals surface area contributed by atoms with Gasteiger partial charge in [0.2, 0.25) is 10.0 Å². The van der Waals surface area contributed by atoms with Crippen molar-refractivity contribution in [1.82, 2.24) is 9.29 Å². The summed E-state index contributed by atoms with van der Waals surface area (Å²) in [7, 11) is 0.964. The van der Waals surface area contributed by atoms with Crippen molar-refractivity contribution in [2.75, 3.05) is 39.7 Å². The molecule has 0 aliphatic heterocycles. The first-order valence-electron chi connectivity index (χ1n) is 10.8. The molecule has 1 fully saturated rings. The molecule has 1 amide bonds. The maximum Gasteiger partial charge on any atom is 0.280 e. The minimum atomic E-state index is -3.69. The number of likely N-dealkylation sites (N-methyl/N-ethyl adjacent to an activating group) is 1. The molecule has 0 spiro atoms. The largest absolute Gasteiger partial charge is 0.392 e. The predicted molar refractivity (Wildman–Crippen MR) is 130 cm³/mol. The van der Waals surface area contributed by atoms with Crippen LogP contribution in [-0.4, -0.2) is 76.0 Å². The van der Waals surface area contributed by atoms with Crippen LogP contribution in [0, 0.1) is 6.92 Å². The summed E-state index contributed by atoms with van der Waals surface area (Å²) in [4.78, 5) is 23.9. The van der Waals surface area contributed by atoms with Gasteiger partial charge in [-0.3, -0.25) is 10.1 Å². The van der Waals surface area contributed by atoms with E-state index in [4.69, 9.17) is 14.3 Å². The quantitative estimate of drug-likeness (QED) is 0.365. The van der Waals surface area contributed by atoms with Crippen LogP contribution in [-0.2, 0) is 29.1 Å². The Morgan fingerprint density at radius 2 is 1.94 bits per heavy atom. The summed E-state index contributed by atoms with van der Waals surface area (Å²) < 4.78 is 37.1. The van der Waals surface area contributed by atoms with Crippen LogP contribution in [0.15, 0.2) is 40.5 Å². The molecule has 2 aromatic rings. The number of anilines is 1. The monoisotopic (exact) mass is 510 g/mol. The number of oxime groups is 1. The number of thiazole rings is 1. The SMILES string of the molecule is COCCN(C)S(=O)(=O)c1ccc(/C(=N\O[C@@H]2CC[C@@H](OC)C2)C(=O)Nc2ncc(C)s2)cc1. The van der Waals surface area contributed by atoms with Crippen LogP contribution in [0.4, 0.5) is 5.13 Å². The first-order valence-corrected chi connectivity index (χ1v) is 13.1. The number of carbonyl (C=O) groups is 1. The number of nitrogens with one attached hydrogen (secondary N) is 1. The van der Waals surface area contributed by atoms with Gasteiger partial charge < -0.3 is 14.3 Å². The Kier molecular flexibility index (Phi) is 9.14. The van der Waals surface area contributed by atoms with E-state index >= 15 is 0 Å². The lowest BCUT2D eigenvalue weighted by atomic mass is 10.1. The molecular weight excluding hydrogens is 480 g/mol. The van der Waals surface area contributed by atoms with E-state index in [1.165, 1.54) is 41.9 Å². The highest BCUT2D eigenvalue weighted by Crippen LogP contribution is 2.25. The van der Waals surface area contributed by atoms with Gasteiger partial charge in [0.05, 0.1) is 17.6 Å². The zero-order valence-electron chi connectivity index (χ0n) is 19.7. The fourth-order valence-corrected chi connectivity index (χ4v) is 5.25. The highest BCUT2D eigenvalue weighted by molar-refractivity contribution is 7.89. The van der Waals surface area contributed by atoms with Crippen molar-refractivity contribution < 1.29 is 27.5 Å². The molecule has 3 rings (SSSR count). The number of benzene rings is 1. The third kappa shape index (κ3) is 6.60. The fraction of sp³-hybridized carbons (Fsp3) is 0.500. The molecule has 1 aliphatic rings. The molecule has 2 atom stereocenters. The number of amides is 1. The molecule has 10 nitrogen and oxygen atoms in total. The van der Waals surface area contributed by atoms with Crippen molar-refractivity contribution in [3.63, 3.8) is 0 Å². The smallest absolute Gasteiger partial charge is 0.280 e. The summed E-state index contributed by atoms with van der Waals surface area (Å²) in [5, 5.41) is 7.34. The Morgan fingerprint density at radius 1 is 1.24 bits per heavy atom. The second kappa shape index (κ2) is 11.8. The number of aromatic nitrogens is 1. The Bertz CT molecular complexity index is 1100. The zero-order chi connectivity index (χ0) is 24.7. The van der Waals surface area contributed by atoms with E-state index in [1.54, 1.807) is 25.4 Å². The standard InChI is InChI=1S/C22H30N4O6S2/c1-15-14-23-22(33-15)24-21(27)20(25-32-18-8-7-17(13-18)31-4)16-5-9-19(10-6-16)34(28,29)26(2)11-12-30-3/h5-6,9-10,14,17-18H,7-8,11-13H2,1-4H3,(H,23,24,27)/b25-20+/t17-,18-/m1/s1. The Morgan fingerprint density at radius 3 is 2.53 bits per heavy atom. The highest BCUT2D eigenvalue weighted by Gasteiger charge is 2.27. The number of nitrogens with zero attached hydrogens (tertiary/aromatic N) is 3. The van der Waals surface area contributed by atoms with Gasteiger partial charge in [-0.05, 0) is 31.9 Å². The lowest BCUT2D eigenvalue weighted by Crippen LogP contribution is -2.30. The molecule has 1 saturated carbocycles. The number of carbonyl (C=O) groups excluding carboxylic acids is 1. The Labute approximate surface area is 204 Å². The molecule has 1 N–H and O–H groups in total. The molecule has 0 radical (unpaired) electrons. The van der Waals surface area contributed by atoms with E-state index in [0.29, 0.717) is 17.1 Å². The van der Waals surface area contributed by atoms with E-state index < -0.39 is 15.9 Å². The topological polar surface area (TPSA) is 119 Å². The number of hydrogen-bond acceptors (Lipinski definition) is 9. The van der Waals surface area contributed by atoms with Gasteiger partial charge in [0.15, 0.2) is 10.8 Å². The van der Waals surface area contributed by atoms with E-state index in [2.05, 4.69) is 15.5 Å². The minimum Gasteiger partial charge on any atom is -0.392 e. The number of ether oxygens (including phenoxy) is 2. The molecule has 0 saturated heterocycles. The first-order chi connectivity index (χ1) is 16.2. The van der Waals surface area contributed by atoms with Gasteiger partial charge >= 0.3 is 0 Å². The van der Waals surface area contributed by atoms with Crippen LogP contribution in [0.25, 0.3) is 0 Å². The van der Waals surface area contributed by atoms with Crippen LogP contribution in [0.1, 0.15) is 29.7 Å². The molecule has 0 bridgehead atoms. The summed E-state index contributed by atoms with van der Waals surface area (Å²) >= 11 is 1.34. The molecule has 186 valence electrons. The van der Waals surface area contributed by atoms with Crippen molar-refractivity contribution in [3.05, 3.63) is 40.9 Å². The lowest BCUT2D eigenvalue weighted by molar-refractivity contribution is -0.110. The average Bonchev–Trinajstić information content (AvgIpc) is 3.46. The number of rotatable bonds is 11. The number of sulfonamides is 1. The van der Waals surface area contributed by atoms with Crippen molar-refractivity contribution in [1.29, 1.82) is 0 Å². The van der Waals surface area contributed by atoms with Crippen molar-refractivity contribution in [2.24, 2.45) is 5.16 Å². The zero-order valence-corrected chi connectivity index (χ0v) is 21.3. The molecule has 1 heterocycles. The van der Waals surface area contributed by atoms with Gasteiger partial charge in [-0.15, -0.1) is 11.3 Å². The molecule has 34 heavy (non-hydrogen) atoms. The number of hydrogen-bond donors (Lipinski definition) is 1. The maximum atomic E-state index is 13.0. The van der Waals surface area contributed by atoms with Crippen LogP contribution < -0.4 is 5.32 Å². The molecule has 0 unspecified atom stereocenters. The number of aryl methyl sites for hydroxylation is 1. The highest BCUT2D eigenvalue weighted by atomic mass is 32.2. The van der Waals surface area contributed by atoms with Gasteiger partial charge in [0.25, 0.3) is 5.91 Å². The van der Waals surface area contributed by atoms with Crippen LogP contribution in [0.2, 0.25) is 0 Å². The van der Waals surface area contributed by atoms with Gasteiger partial charge in [-0.25, -0.2) is 13.4 Å². The molecule has 12 heteroatoms. The van der Waals surface area contributed by atoms with Gasteiger partial charge in [-0.1, -0.05) is 17.3 Å². The number of methoxy groups -OCH3 is 2. The van der Waals surface area contributed by atoms with E-state index in [1.807, 2.05) is 6.92 Å². The molecule has 1 aromatic carbocycles. The molecule has 1 aromatic heterocycles. The summed E-state index contributed by atoms with van der Waals surface area (Å²) in [5.41, 5.74) is 0.455. The average molecular weight is 511 g/mol. The van der Waals surface area contributed by atoms with E-state index in [9.17, 15) is 13.2 Å². The van der Waals surface area contributed by atoms with Gasteiger partial charge in [0, 0.05) is 50.9 Å². The predicted octanol–water partition coefficient (Wildman–Crippen LogP) is 2.65. The first kappa shape index (κ1) is 26.2. The van der Waals surface area contributed by atoms with Crippen LogP contribution in [0.5, 0.6) is 0 Å². The Hall–Kier alpha value is -2.38. The maximum absolute atomic E-state index is 13.0. The summed E-state index contributed by atoms with van der Waals surface area (Å²) in [6.45, 7) is 2.39. The van der Waals surface area contributed by atoms with Crippen molar-refractivity contribution in [3.8, 4) is 0 Å². The lowest BCUT2D eigenvalue weighted by Gasteiger charge is -2.17. The van der Waals surface area contributed by atoms with Gasteiger partial charge in [0.1, 0.15) is 6.10 Å². The summed E-state index contributed by atoms with van der Waals surface area (Å²) in [5.74, 6) is -0.497. The Balaban J connectivity index is 1.83. The second-order valence-corrected chi connectivity index (χ2v) is 11.2. The third-order valence-electron chi connectivity index (χ3n) is 5.47. The van der Waals surface area contributed by atoms with Gasteiger partial charge in [-0.2, -0.15) is 4.31 Å². The normalized spacial score (nSPS) is 18.9. The second-order valence-electron chi connectivity index (χ2n) is 7.91.